The van der Waals surface area contributed by atoms with Crippen molar-refractivity contribution in [2.45, 2.75) is 0 Å². The van der Waals surface area contributed by atoms with Crippen LogP contribution in [0.5, 0.6) is 0 Å². The summed E-state index contributed by atoms with van der Waals surface area (Å²) >= 11 is 0. The van der Waals surface area contributed by atoms with Gasteiger partial charge in [-0.05, 0) is 260 Å². The van der Waals surface area contributed by atoms with Crippen LogP contribution in [0.4, 0.5) is 34.1 Å². The Balaban J connectivity index is 0.667. The Kier molecular flexibility index (Phi) is 15.6. The molecule has 0 aliphatic rings. The molecule has 0 unspecified atom stereocenters. The van der Waals surface area contributed by atoms with Crippen LogP contribution in [0.3, 0.4) is 0 Å². The monoisotopic (exact) mass is 1390 g/mol. The van der Waals surface area contributed by atoms with Gasteiger partial charge in [0.2, 0.25) is 0 Å². The summed E-state index contributed by atoms with van der Waals surface area (Å²) in [5, 5.41) is 22.2. The minimum atomic E-state index is 1.07. The third-order valence-electron chi connectivity index (χ3n) is 22.8. The molecule has 0 bridgehead atoms. The van der Waals surface area contributed by atoms with Gasteiger partial charge in [-0.3, -0.25) is 0 Å². The first kappa shape index (κ1) is 64.0. The van der Waals surface area contributed by atoms with E-state index in [4.69, 9.17) is 0 Å². The number of rotatable bonds is 13. The molecule has 0 saturated carbocycles. The van der Waals surface area contributed by atoms with Crippen LogP contribution in [-0.4, -0.2) is 0 Å². The maximum Gasteiger partial charge on any atom is 0.0540 e. The standard InChI is InChI=1S/C108H70N2/c1-2-23-72(24-3-1)91-34-18-19-46-106(91)110(85-63-53-75(54-64-85)103-68-79-27-6-11-33-90(79)95-38-15-17-40-97(95)103)86-65-55-77(56-66-86)105-70-81-29-8-13-36-93(81)108-99(43-22-45-101(105)108)98-42-21-44-100-104(69-80-28-7-12-35-92(80)107(98)100)76-51-61-84(62-52-76)109(82-57-47-73(48-58-82)88-41-20-30-71-25-4-9-31-87(71)88)83-59-49-74(50-60-83)102-67-78-26-5-10-32-89(78)94-37-14-16-39-96(94)102/h1-70H. The van der Waals surface area contributed by atoms with Crippen molar-refractivity contribution in [2.24, 2.45) is 0 Å². The average molecular weight is 1400 g/mol. The summed E-state index contributed by atoms with van der Waals surface area (Å²) in [4.78, 5) is 4.83. The molecule has 0 radical (unpaired) electrons. The minimum absolute atomic E-state index is 1.07. The van der Waals surface area contributed by atoms with Crippen molar-refractivity contribution < 1.29 is 0 Å². The maximum atomic E-state index is 2.43. The number of fused-ring (bicyclic) bond motifs is 13. The van der Waals surface area contributed by atoms with Crippen LogP contribution in [-0.2, 0) is 0 Å². The van der Waals surface area contributed by atoms with E-state index in [1.165, 1.54) is 153 Å². The van der Waals surface area contributed by atoms with Crippen molar-refractivity contribution in [1.29, 1.82) is 0 Å². The summed E-state index contributed by atoms with van der Waals surface area (Å²) in [5.74, 6) is 0. The molecule has 0 atom stereocenters. The fourth-order valence-electron chi connectivity index (χ4n) is 17.6. The van der Waals surface area contributed by atoms with Crippen LogP contribution in [0.25, 0.3) is 175 Å². The van der Waals surface area contributed by atoms with Gasteiger partial charge < -0.3 is 9.80 Å². The zero-order valence-corrected chi connectivity index (χ0v) is 60.3. The lowest BCUT2D eigenvalue weighted by Gasteiger charge is -2.28. The number of anilines is 6. The van der Waals surface area contributed by atoms with Crippen LogP contribution in [0.2, 0.25) is 0 Å². The fourth-order valence-corrected chi connectivity index (χ4v) is 17.6. The molecule has 0 aliphatic carbocycles. The van der Waals surface area contributed by atoms with Crippen LogP contribution in [0.1, 0.15) is 0 Å². The Hall–Kier alpha value is -14.4. The van der Waals surface area contributed by atoms with Gasteiger partial charge in [-0.25, -0.2) is 0 Å². The molecule has 0 fully saturated rings. The number of benzene rings is 21. The zero-order valence-electron chi connectivity index (χ0n) is 60.3. The molecule has 21 aromatic rings. The molecular weight excluding hydrogens is 1330 g/mol. The van der Waals surface area contributed by atoms with Crippen molar-refractivity contribution in [3.05, 3.63) is 425 Å². The highest BCUT2D eigenvalue weighted by Gasteiger charge is 2.23. The van der Waals surface area contributed by atoms with Crippen LogP contribution in [0, 0.1) is 0 Å². The van der Waals surface area contributed by atoms with E-state index < -0.39 is 0 Å². The molecule has 2 nitrogen and oxygen atoms in total. The predicted molar refractivity (Wildman–Crippen MR) is 471 cm³/mol. The molecule has 2 heteroatoms. The van der Waals surface area contributed by atoms with Gasteiger partial charge in [0.1, 0.15) is 0 Å². The first-order valence-corrected chi connectivity index (χ1v) is 38.0. The summed E-state index contributed by atoms with van der Waals surface area (Å²) in [6.45, 7) is 0. The number of para-hydroxylation sites is 1. The summed E-state index contributed by atoms with van der Waals surface area (Å²) in [6, 6.07) is 157. The third kappa shape index (κ3) is 11.0. The smallest absolute Gasteiger partial charge is 0.0540 e. The van der Waals surface area contributed by atoms with E-state index in [-0.39, 0.29) is 0 Å². The molecule has 0 heterocycles. The molecule has 21 rings (SSSR count). The number of hydrogen-bond donors (Lipinski definition) is 0. The van der Waals surface area contributed by atoms with Crippen molar-refractivity contribution >= 4 is 131 Å². The van der Waals surface area contributed by atoms with Gasteiger partial charge in [-0.2, -0.15) is 0 Å². The van der Waals surface area contributed by atoms with E-state index in [2.05, 4.69) is 434 Å². The van der Waals surface area contributed by atoms with Gasteiger partial charge in [-0.1, -0.05) is 334 Å². The lowest BCUT2D eigenvalue weighted by Crippen LogP contribution is -2.11. The Labute approximate surface area is 639 Å². The molecule has 512 valence electrons. The van der Waals surface area contributed by atoms with Gasteiger partial charge in [0.15, 0.2) is 0 Å². The van der Waals surface area contributed by atoms with Gasteiger partial charge in [0, 0.05) is 34.0 Å². The molecule has 0 N–H and O–H groups in total. The van der Waals surface area contributed by atoms with E-state index in [0.717, 1.165) is 56.4 Å². The lowest BCUT2D eigenvalue weighted by atomic mass is 9.85. The van der Waals surface area contributed by atoms with Gasteiger partial charge >= 0.3 is 0 Å². The molecule has 0 aromatic heterocycles. The van der Waals surface area contributed by atoms with Crippen LogP contribution >= 0.6 is 0 Å². The Bertz CT molecular complexity index is 7160. The minimum Gasteiger partial charge on any atom is -0.311 e. The zero-order chi connectivity index (χ0) is 72.6. The van der Waals surface area contributed by atoms with Crippen molar-refractivity contribution in [3.8, 4) is 77.9 Å². The normalized spacial score (nSPS) is 11.6. The van der Waals surface area contributed by atoms with Crippen molar-refractivity contribution in [2.75, 3.05) is 9.80 Å². The first-order chi connectivity index (χ1) is 54.6. The second-order valence-corrected chi connectivity index (χ2v) is 28.9. The van der Waals surface area contributed by atoms with Crippen LogP contribution in [0.15, 0.2) is 425 Å². The highest BCUT2D eigenvalue weighted by molar-refractivity contribution is 6.26. The molecule has 0 spiro atoms. The summed E-state index contributed by atoms with van der Waals surface area (Å²) < 4.78 is 0. The second-order valence-electron chi connectivity index (χ2n) is 28.9. The number of hydrogen-bond acceptors (Lipinski definition) is 2. The van der Waals surface area contributed by atoms with Crippen molar-refractivity contribution in [3.63, 3.8) is 0 Å². The van der Waals surface area contributed by atoms with Gasteiger partial charge in [0.25, 0.3) is 0 Å². The molecule has 0 amide bonds. The first-order valence-electron chi connectivity index (χ1n) is 38.0. The van der Waals surface area contributed by atoms with E-state index in [1.807, 2.05) is 0 Å². The summed E-state index contributed by atoms with van der Waals surface area (Å²) in [6.07, 6.45) is 0. The van der Waals surface area contributed by atoms with Gasteiger partial charge in [0.05, 0.1) is 5.69 Å². The lowest BCUT2D eigenvalue weighted by molar-refractivity contribution is 1.28. The maximum absolute atomic E-state index is 2.43. The topological polar surface area (TPSA) is 6.48 Å². The Morgan fingerprint density at radius 2 is 0.391 bits per heavy atom. The summed E-state index contributed by atoms with van der Waals surface area (Å²) in [7, 11) is 0. The summed E-state index contributed by atoms with van der Waals surface area (Å²) in [5.41, 5.74) is 23.1. The van der Waals surface area contributed by atoms with E-state index in [0.29, 0.717) is 0 Å². The largest absolute Gasteiger partial charge is 0.311 e. The van der Waals surface area contributed by atoms with E-state index in [9.17, 15) is 0 Å². The van der Waals surface area contributed by atoms with Gasteiger partial charge in [-0.15, -0.1) is 0 Å². The number of nitrogens with zero attached hydrogens (tertiary/aromatic N) is 2. The highest BCUT2D eigenvalue weighted by atomic mass is 15.1. The molecule has 110 heavy (non-hydrogen) atoms. The molecular formula is C108H70N2. The molecule has 0 aliphatic heterocycles. The van der Waals surface area contributed by atoms with E-state index >= 15 is 0 Å². The molecule has 0 saturated heterocycles. The van der Waals surface area contributed by atoms with Crippen molar-refractivity contribution in [1.82, 2.24) is 0 Å². The van der Waals surface area contributed by atoms with E-state index in [1.54, 1.807) is 0 Å². The fraction of sp³-hybridized carbons (Fsp3) is 0. The quantitative estimate of drug-likeness (QED) is 0.106. The SMILES string of the molecule is c1ccc(-c2ccccc2N(c2ccc(-c3cc4ccccc4c4ccccc34)cc2)c2ccc(-c3cc4ccccc4c4c(-c5cccc6c(-c7ccc(N(c8ccc(-c9cccc%10ccccc9%10)cc8)c8ccc(-c9cc%10ccccc%10c%10ccccc9%10)cc8)cc7)cc7ccccc7c56)cccc34)cc2)cc1. The van der Waals surface area contributed by atoms with Crippen LogP contribution < -0.4 is 9.80 Å². The third-order valence-corrected chi connectivity index (χ3v) is 22.8. The second kappa shape index (κ2) is 26.9. The Morgan fingerprint density at radius 3 is 0.827 bits per heavy atom. The molecule has 21 aromatic carbocycles. The average Bonchev–Trinajstić information content (AvgIpc) is 0.726. The Morgan fingerprint density at radius 1 is 0.127 bits per heavy atom. The highest BCUT2D eigenvalue weighted by Crippen LogP contribution is 2.49. The predicted octanol–water partition coefficient (Wildman–Crippen LogP) is 30.7.